The smallest absolute Gasteiger partial charge is 0.249 e. The molecule has 1 amide bonds. The lowest BCUT2D eigenvalue weighted by Crippen LogP contribution is -2.48. The minimum atomic E-state index is -1.11. The summed E-state index contributed by atoms with van der Waals surface area (Å²) in [6, 6.07) is -0.823. The summed E-state index contributed by atoms with van der Waals surface area (Å²) in [7, 11) is 0. The van der Waals surface area contributed by atoms with E-state index in [0.717, 1.165) is 44.9 Å². The standard InChI is InChI=1S/C55H103NO4/c1-3-5-7-9-11-13-15-17-19-21-23-25-26-27-28-29-30-32-34-36-38-40-42-44-46-48-50-54(59)55(60)56-52(51-57)53(58)49-47-45-43-41-39-37-35-33-31-24-22-20-18-16-14-12-10-8-6-4-2/h27-28,31,33,39,41,47,49,52-54,57-59H,3-26,29-30,32,34-38,40,42-46,48,50-51H2,1-2H3,(H,56,60)/b28-27-,33-31+,41-39+,49-47+. The lowest BCUT2D eigenvalue weighted by molar-refractivity contribution is -0.131. The molecule has 0 heterocycles. The molecule has 0 aromatic carbocycles. The van der Waals surface area contributed by atoms with Gasteiger partial charge in [0.15, 0.2) is 0 Å². The van der Waals surface area contributed by atoms with E-state index in [0.29, 0.717) is 6.42 Å². The van der Waals surface area contributed by atoms with Gasteiger partial charge in [-0.1, -0.05) is 249 Å². The average Bonchev–Trinajstić information content (AvgIpc) is 3.25. The maximum absolute atomic E-state index is 12.5. The second-order valence-corrected chi connectivity index (χ2v) is 18.1. The number of hydrogen-bond acceptors (Lipinski definition) is 4. The quantitative estimate of drug-likeness (QED) is 0.0363. The third-order valence-corrected chi connectivity index (χ3v) is 12.1. The molecule has 0 aromatic rings. The maximum atomic E-state index is 12.5. The highest BCUT2D eigenvalue weighted by Gasteiger charge is 2.22. The van der Waals surface area contributed by atoms with Crippen LogP contribution < -0.4 is 5.32 Å². The number of rotatable bonds is 48. The van der Waals surface area contributed by atoms with Crippen molar-refractivity contribution in [1.82, 2.24) is 5.32 Å². The van der Waals surface area contributed by atoms with Gasteiger partial charge in [0, 0.05) is 0 Å². The molecule has 0 aliphatic rings. The molecule has 352 valence electrons. The van der Waals surface area contributed by atoms with Crippen molar-refractivity contribution < 1.29 is 20.1 Å². The van der Waals surface area contributed by atoms with Crippen LogP contribution in [0.5, 0.6) is 0 Å². The molecule has 0 aromatic heterocycles. The Kier molecular flexibility index (Phi) is 48.6. The Labute approximate surface area is 374 Å². The maximum Gasteiger partial charge on any atom is 0.249 e. The Morgan fingerprint density at radius 2 is 0.683 bits per heavy atom. The number of carbonyl (C=O) groups is 1. The molecule has 0 saturated carbocycles. The molecule has 5 heteroatoms. The van der Waals surface area contributed by atoms with Crippen LogP contribution >= 0.6 is 0 Å². The van der Waals surface area contributed by atoms with Crippen molar-refractivity contribution in [3.8, 4) is 0 Å². The van der Waals surface area contributed by atoms with Crippen molar-refractivity contribution in [1.29, 1.82) is 0 Å². The number of hydrogen-bond donors (Lipinski definition) is 4. The summed E-state index contributed by atoms with van der Waals surface area (Å²) in [4.78, 5) is 12.5. The van der Waals surface area contributed by atoms with E-state index in [1.807, 2.05) is 6.08 Å². The van der Waals surface area contributed by atoms with Crippen molar-refractivity contribution in [3.05, 3.63) is 48.6 Å². The van der Waals surface area contributed by atoms with Crippen LogP contribution in [0.2, 0.25) is 0 Å². The Hall–Kier alpha value is -1.69. The van der Waals surface area contributed by atoms with Crippen molar-refractivity contribution in [2.45, 2.75) is 289 Å². The van der Waals surface area contributed by atoms with E-state index in [9.17, 15) is 20.1 Å². The van der Waals surface area contributed by atoms with E-state index >= 15 is 0 Å². The fourth-order valence-electron chi connectivity index (χ4n) is 7.98. The minimum absolute atomic E-state index is 0.382. The average molecular weight is 842 g/mol. The Bertz CT molecular complexity index is 974. The first kappa shape index (κ1) is 58.3. The zero-order valence-corrected chi connectivity index (χ0v) is 40.1. The van der Waals surface area contributed by atoms with E-state index in [1.165, 1.54) is 205 Å². The molecule has 60 heavy (non-hydrogen) atoms. The summed E-state index contributed by atoms with van der Waals surface area (Å²) in [5, 5.41) is 33.3. The molecule has 0 saturated heterocycles. The van der Waals surface area contributed by atoms with Crippen molar-refractivity contribution in [3.63, 3.8) is 0 Å². The third-order valence-electron chi connectivity index (χ3n) is 12.1. The van der Waals surface area contributed by atoms with Gasteiger partial charge in [0.2, 0.25) is 5.91 Å². The predicted octanol–water partition coefficient (Wildman–Crippen LogP) is 16.1. The van der Waals surface area contributed by atoms with Gasteiger partial charge in [0.05, 0.1) is 18.8 Å². The number of aliphatic hydroxyl groups excluding tert-OH is 3. The molecule has 0 rings (SSSR count). The van der Waals surface area contributed by atoms with Crippen LogP contribution in [0.4, 0.5) is 0 Å². The van der Waals surface area contributed by atoms with Gasteiger partial charge in [-0.15, -0.1) is 0 Å². The fourth-order valence-corrected chi connectivity index (χ4v) is 7.98. The first-order valence-electron chi connectivity index (χ1n) is 26.5. The lowest BCUT2D eigenvalue weighted by Gasteiger charge is -2.21. The minimum Gasteiger partial charge on any atom is -0.394 e. The highest BCUT2D eigenvalue weighted by atomic mass is 16.3. The van der Waals surface area contributed by atoms with Crippen molar-refractivity contribution in [2.75, 3.05) is 6.61 Å². The zero-order valence-electron chi connectivity index (χ0n) is 40.1. The van der Waals surface area contributed by atoms with Gasteiger partial charge in [-0.25, -0.2) is 0 Å². The molecular weight excluding hydrogens is 739 g/mol. The summed E-state index contributed by atoms with van der Waals surface area (Å²) < 4.78 is 0. The molecule has 3 atom stereocenters. The summed E-state index contributed by atoms with van der Waals surface area (Å²) in [5.41, 5.74) is 0. The van der Waals surface area contributed by atoms with Gasteiger partial charge in [-0.2, -0.15) is 0 Å². The van der Waals surface area contributed by atoms with E-state index < -0.39 is 24.2 Å². The Morgan fingerprint density at radius 3 is 1.02 bits per heavy atom. The molecule has 0 aliphatic heterocycles. The van der Waals surface area contributed by atoms with Gasteiger partial charge in [-0.05, 0) is 70.6 Å². The summed E-state index contributed by atoms with van der Waals surface area (Å²) in [6.45, 7) is 4.19. The highest BCUT2D eigenvalue weighted by Crippen LogP contribution is 2.16. The SMILES string of the molecule is CCCCCCCCCCCC/C=C/CC/C=C/CC/C=C/C(O)C(CO)NC(=O)C(O)CCCCCCCCCCCC/C=C\CCCCCCCCCCCCCC. The normalized spacial score (nSPS) is 13.8. The van der Waals surface area contributed by atoms with E-state index in [4.69, 9.17) is 0 Å². The number of carbonyl (C=O) groups excluding carboxylic acids is 1. The number of allylic oxidation sites excluding steroid dienone is 7. The summed E-state index contributed by atoms with van der Waals surface area (Å²) in [6.07, 6.45) is 66.0. The van der Waals surface area contributed by atoms with Crippen LogP contribution in [0.15, 0.2) is 48.6 Å². The Morgan fingerprint density at radius 1 is 0.400 bits per heavy atom. The van der Waals surface area contributed by atoms with Crippen LogP contribution in [-0.2, 0) is 4.79 Å². The van der Waals surface area contributed by atoms with E-state index in [2.05, 4.69) is 55.6 Å². The van der Waals surface area contributed by atoms with Gasteiger partial charge < -0.3 is 20.6 Å². The molecule has 0 radical (unpaired) electrons. The summed E-state index contributed by atoms with van der Waals surface area (Å²) >= 11 is 0. The second-order valence-electron chi connectivity index (χ2n) is 18.1. The molecule has 0 bridgehead atoms. The number of nitrogens with one attached hydrogen (secondary N) is 1. The molecule has 5 nitrogen and oxygen atoms in total. The van der Waals surface area contributed by atoms with Crippen LogP contribution in [0.3, 0.4) is 0 Å². The largest absolute Gasteiger partial charge is 0.394 e. The van der Waals surface area contributed by atoms with Gasteiger partial charge in [0.25, 0.3) is 0 Å². The molecule has 4 N–H and O–H groups in total. The first-order valence-corrected chi connectivity index (χ1v) is 26.5. The summed E-state index contributed by atoms with van der Waals surface area (Å²) in [5.74, 6) is -0.517. The molecule has 0 fully saturated rings. The molecule has 0 spiro atoms. The number of unbranched alkanes of at least 4 members (excludes halogenated alkanes) is 34. The van der Waals surface area contributed by atoms with Gasteiger partial charge in [0.1, 0.15) is 6.10 Å². The topological polar surface area (TPSA) is 89.8 Å². The fraction of sp³-hybridized carbons (Fsp3) is 0.836. The predicted molar refractivity (Wildman–Crippen MR) is 264 cm³/mol. The van der Waals surface area contributed by atoms with Crippen LogP contribution in [-0.4, -0.2) is 46.1 Å². The molecule has 0 aliphatic carbocycles. The zero-order chi connectivity index (χ0) is 43.7. The van der Waals surface area contributed by atoms with Crippen LogP contribution in [0.25, 0.3) is 0 Å². The van der Waals surface area contributed by atoms with E-state index in [-0.39, 0.29) is 6.61 Å². The Balaban J connectivity index is 3.65. The van der Waals surface area contributed by atoms with Crippen LogP contribution in [0, 0.1) is 0 Å². The monoisotopic (exact) mass is 842 g/mol. The molecule has 3 unspecified atom stereocenters. The highest BCUT2D eigenvalue weighted by molar-refractivity contribution is 5.80. The van der Waals surface area contributed by atoms with E-state index in [1.54, 1.807) is 6.08 Å². The van der Waals surface area contributed by atoms with Crippen LogP contribution in [0.1, 0.15) is 271 Å². The van der Waals surface area contributed by atoms with Gasteiger partial charge in [-0.3, -0.25) is 4.79 Å². The lowest BCUT2D eigenvalue weighted by atomic mass is 10.0. The first-order chi connectivity index (χ1) is 29.6. The third kappa shape index (κ3) is 44.4. The molecular formula is C55H103NO4. The number of amides is 1. The number of aliphatic hydroxyl groups is 3. The van der Waals surface area contributed by atoms with Gasteiger partial charge >= 0.3 is 0 Å². The second kappa shape index (κ2) is 50.0. The van der Waals surface area contributed by atoms with Crippen molar-refractivity contribution >= 4 is 5.91 Å². The van der Waals surface area contributed by atoms with Crippen molar-refractivity contribution in [2.24, 2.45) is 0 Å².